The lowest BCUT2D eigenvalue weighted by Gasteiger charge is -2.10. The molecule has 1 N–H and O–H groups in total. The first kappa shape index (κ1) is 17.9. The first-order valence-corrected chi connectivity index (χ1v) is 8.65. The molecule has 0 saturated carbocycles. The maximum atomic E-state index is 13.2. The number of aromatic nitrogens is 2. The van der Waals surface area contributed by atoms with Gasteiger partial charge in [-0.15, -0.1) is 0 Å². The highest BCUT2D eigenvalue weighted by atomic mass is 19.1. The van der Waals surface area contributed by atoms with E-state index in [1.54, 1.807) is 22.9 Å². The average Bonchev–Trinajstić information content (AvgIpc) is 3.06. The second-order valence-corrected chi connectivity index (χ2v) is 6.77. The molecule has 1 heterocycles. The van der Waals surface area contributed by atoms with Crippen LogP contribution in [-0.2, 0) is 0 Å². The van der Waals surface area contributed by atoms with Crippen LogP contribution in [-0.4, -0.2) is 22.2 Å². The molecule has 0 spiro atoms. The van der Waals surface area contributed by atoms with Gasteiger partial charge < -0.3 is 5.32 Å². The maximum absolute atomic E-state index is 13.2. The fourth-order valence-electron chi connectivity index (χ4n) is 2.57. The van der Waals surface area contributed by atoms with Gasteiger partial charge in [0.2, 0.25) is 0 Å². The van der Waals surface area contributed by atoms with E-state index in [9.17, 15) is 9.18 Å². The molecule has 1 aromatic heterocycles. The molecule has 134 valence electrons. The van der Waals surface area contributed by atoms with Gasteiger partial charge in [0, 0.05) is 12.1 Å². The van der Waals surface area contributed by atoms with E-state index < -0.39 is 0 Å². The number of aryl methyl sites for hydroxylation is 1. The van der Waals surface area contributed by atoms with Gasteiger partial charge in [0.15, 0.2) is 0 Å². The maximum Gasteiger partial charge on any atom is 0.270 e. The zero-order valence-corrected chi connectivity index (χ0v) is 15.2. The quantitative estimate of drug-likeness (QED) is 0.742. The van der Waals surface area contributed by atoms with Crippen molar-refractivity contribution in [1.29, 1.82) is 0 Å². The number of carbonyl (C=O) groups excluding carboxylic acids is 1. The fraction of sp³-hybridized carbons (Fsp3) is 0.238. The Labute approximate surface area is 152 Å². The number of amides is 1. The lowest BCUT2D eigenvalue weighted by Crippen LogP contribution is -2.29. The molecule has 3 rings (SSSR count). The van der Waals surface area contributed by atoms with Crippen molar-refractivity contribution in [1.82, 2.24) is 15.1 Å². The van der Waals surface area contributed by atoms with Crippen molar-refractivity contribution in [2.24, 2.45) is 5.92 Å². The Morgan fingerprint density at radius 3 is 2.38 bits per heavy atom. The summed E-state index contributed by atoms with van der Waals surface area (Å²) in [6.45, 7) is 6.68. The molecule has 0 fully saturated rings. The zero-order valence-electron chi connectivity index (χ0n) is 15.2. The first-order chi connectivity index (χ1) is 12.4. The number of benzene rings is 2. The third-order valence-corrected chi connectivity index (χ3v) is 4.03. The molecule has 1 amide bonds. The van der Waals surface area contributed by atoms with E-state index in [4.69, 9.17) is 0 Å². The molecule has 5 heteroatoms. The summed E-state index contributed by atoms with van der Waals surface area (Å²) >= 11 is 0. The summed E-state index contributed by atoms with van der Waals surface area (Å²) < 4.78 is 14.8. The van der Waals surface area contributed by atoms with E-state index in [1.165, 1.54) is 12.1 Å². The van der Waals surface area contributed by atoms with Crippen LogP contribution in [0, 0.1) is 18.7 Å². The van der Waals surface area contributed by atoms with Crippen LogP contribution in [0.5, 0.6) is 0 Å². The highest BCUT2D eigenvalue weighted by Gasteiger charge is 2.17. The molecule has 0 bridgehead atoms. The standard InChI is InChI=1S/C21H22FN3O/c1-14(2)13-23-21(26)20-12-19(16-6-8-17(22)9-7-16)24-25(20)18-10-4-15(3)5-11-18/h4-12,14H,13H2,1-3H3,(H,23,26). The molecule has 26 heavy (non-hydrogen) atoms. The van der Waals surface area contributed by atoms with Crippen molar-refractivity contribution >= 4 is 5.91 Å². The van der Waals surface area contributed by atoms with Crippen molar-refractivity contribution in [3.8, 4) is 16.9 Å². The Bertz CT molecular complexity index is 896. The zero-order chi connectivity index (χ0) is 18.7. The normalized spacial score (nSPS) is 11.0. The molecule has 0 saturated heterocycles. The molecular formula is C21H22FN3O. The summed E-state index contributed by atoms with van der Waals surface area (Å²) in [5, 5.41) is 7.53. The van der Waals surface area contributed by atoms with Gasteiger partial charge in [-0.05, 0) is 55.3 Å². The molecule has 0 radical (unpaired) electrons. The van der Waals surface area contributed by atoms with Gasteiger partial charge in [0.25, 0.3) is 5.91 Å². The molecule has 2 aromatic carbocycles. The summed E-state index contributed by atoms with van der Waals surface area (Å²) in [5.74, 6) is -0.131. The topological polar surface area (TPSA) is 46.9 Å². The molecule has 3 aromatic rings. The smallest absolute Gasteiger partial charge is 0.270 e. The predicted molar refractivity (Wildman–Crippen MR) is 101 cm³/mol. The van der Waals surface area contributed by atoms with Gasteiger partial charge in [-0.1, -0.05) is 31.5 Å². The van der Waals surface area contributed by atoms with Crippen LogP contribution in [0.25, 0.3) is 16.9 Å². The average molecular weight is 351 g/mol. The highest BCUT2D eigenvalue weighted by molar-refractivity contribution is 5.94. The largest absolute Gasteiger partial charge is 0.350 e. The molecule has 0 atom stereocenters. The van der Waals surface area contributed by atoms with Crippen molar-refractivity contribution in [2.45, 2.75) is 20.8 Å². The van der Waals surface area contributed by atoms with Crippen molar-refractivity contribution in [3.63, 3.8) is 0 Å². The Kier molecular flexibility index (Phi) is 5.16. The summed E-state index contributed by atoms with van der Waals surface area (Å²) in [6, 6.07) is 15.6. The lowest BCUT2D eigenvalue weighted by atomic mass is 10.1. The second kappa shape index (κ2) is 7.52. The van der Waals surface area contributed by atoms with Crippen molar-refractivity contribution < 1.29 is 9.18 Å². The first-order valence-electron chi connectivity index (χ1n) is 8.65. The summed E-state index contributed by atoms with van der Waals surface area (Å²) in [4.78, 5) is 12.7. The van der Waals surface area contributed by atoms with Crippen molar-refractivity contribution in [2.75, 3.05) is 6.54 Å². The summed E-state index contributed by atoms with van der Waals surface area (Å²) in [6.07, 6.45) is 0. The number of nitrogens with one attached hydrogen (secondary N) is 1. The van der Waals surface area contributed by atoms with Crippen LogP contribution in [0.4, 0.5) is 4.39 Å². The Morgan fingerprint density at radius 1 is 1.12 bits per heavy atom. The highest BCUT2D eigenvalue weighted by Crippen LogP contribution is 2.22. The fourth-order valence-corrected chi connectivity index (χ4v) is 2.57. The van der Waals surface area contributed by atoms with Crippen LogP contribution < -0.4 is 5.32 Å². The van der Waals surface area contributed by atoms with E-state index >= 15 is 0 Å². The van der Waals surface area contributed by atoms with Crippen LogP contribution >= 0.6 is 0 Å². The van der Waals surface area contributed by atoms with E-state index in [-0.39, 0.29) is 11.7 Å². The van der Waals surface area contributed by atoms with Gasteiger partial charge in [0.05, 0.1) is 11.4 Å². The van der Waals surface area contributed by atoms with Gasteiger partial charge in [0.1, 0.15) is 11.5 Å². The number of carbonyl (C=O) groups is 1. The van der Waals surface area contributed by atoms with E-state index in [1.807, 2.05) is 45.0 Å². The molecule has 0 aliphatic rings. The Morgan fingerprint density at radius 2 is 1.77 bits per heavy atom. The molecule has 0 unspecified atom stereocenters. The SMILES string of the molecule is Cc1ccc(-n2nc(-c3ccc(F)cc3)cc2C(=O)NCC(C)C)cc1. The predicted octanol–water partition coefficient (Wildman–Crippen LogP) is 4.37. The molecule has 0 aliphatic heterocycles. The number of hydrogen-bond donors (Lipinski definition) is 1. The van der Waals surface area contributed by atoms with Crippen LogP contribution in [0.2, 0.25) is 0 Å². The Balaban J connectivity index is 2.03. The van der Waals surface area contributed by atoms with E-state index in [2.05, 4.69) is 10.4 Å². The van der Waals surface area contributed by atoms with Crippen LogP contribution in [0.15, 0.2) is 54.6 Å². The third kappa shape index (κ3) is 3.99. The van der Waals surface area contributed by atoms with Gasteiger partial charge >= 0.3 is 0 Å². The van der Waals surface area contributed by atoms with Crippen molar-refractivity contribution in [3.05, 3.63) is 71.7 Å². The van der Waals surface area contributed by atoms with Crippen LogP contribution in [0.1, 0.15) is 29.9 Å². The second-order valence-electron chi connectivity index (χ2n) is 6.77. The monoisotopic (exact) mass is 351 g/mol. The number of rotatable bonds is 5. The molecule has 0 aliphatic carbocycles. The van der Waals surface area contributed by atoms with E-state index in [0.717, 1.165) is 16.8 Å². The van der Waals surface area contributed by atoms with Gasteiger partial charge in [-0.25, -0.2) is 9.07 Å². The van der Waals surface area contributed by atoms with E-state index in [0.29, 0.717) is 23.9 Å². The van der Waals surface area contributed by atoms with Gasteiger partial charge in [-0.2, -0.15) is 5.10 Å². The molecule has 4 nitrogen and oxygen atoms in total. The summed E-state index contributed by atoms with van der Waals surface area (Å²) in [7, 11) is 0. The minimum atomic E-state index is -0.304. The van der Waals surface area contributed by atoms with Crippen LogP contribution in [0.3, 0.4) is 0 Å². The summed E-state index contributed by atoms with van der Waals surface area (Å²) in [5.41, 5.74) is 3.77. The number of halogens is 1. The number of nitrogens with zero attached hydrogens (tertiary/aromatic N) is 2. The minimum absolute atomic E-state index is 0.180. The number of hydrogen-bond acceptors (Lipinski definition) is 2. The Hall–Kier alpha value is -2.95. The minimum Gasteiger partial charge on any atom is -0.350 e. The third-order valence-electron chi connectivity index (χ3n) is 4.03. The lowest BCUT2D eigenvalue weighted by molar-refractivity contribution is 0.0941. The molecular weight excluding hydrogens is 329 g/mol. The van der Waals surface area contributed by atoms with Gasteiger partial charge in [-0.3, -0.25) is 4.79 Å².